The van der Waals surface area contributed by atoms with Gasteiger partial charge >= 0.3 is 0 Å². The van der Waals surface area contributed by atoms with Crippen LogP contribution in [0.3, 0.4) is 0 Å². The molecule has 0 saturated carbocycles. The first-order valence-electron chi connectivity index (χ1n) is 6.82. The fourth-order valence-corrected chi connectivity index (χ4v) is 1.77. The standard InChI is InChI=1S/C16H20N2O2/c1-3-11-19-13-6-8-14(9-7-13)20-16-15(12(2)17)5-4-10-18-16/h4-10,12H,3,11,17H2,1-2H3/t12-/m1/s1. The van der Waals surface area contributed by atoms with Crippen LogP contribution in [-0.4, -0.2) is 11.6 Å². The summed E-state index contributed by atoms with van der Waals surface area (Å²) in [5.41, 5.74) is 6.79. The minimum Gasteiger partial charge on any atom is -0.494 e. The van der Waals surface area contributed by atoms with Crippen molar-refractivity contribution in [3.05, 3.63) is 48.2 Å². The van der Waals surface area contributed by atoms with Crippen LogP contribution in [0.25, 0.3) is 0 Å². The van der Waals surface area contributed by atoms with Gasteiger partial charge < -0.3 is 15.2 Å². The molecule has 1 aromatic carbocycles. The van der Waals surface area contributed by atoms with Crippen molar-refractivity contribution in [3.63, 3.8) is 0 Å². The first-order valence-corrected chi connectivity index (χ1v) is 6.82. The Morgan fingerprint density at radius 3 is 2.50 bits per heavy atom. The van der Waals surface area contributed by atoms with E-state index in [0.717, 1.165) is 30.1 Å². The lowest BCUT2D eigenvalue weighted by molar-refractivity contribution is 0.317. The minimum atomic E-state index is -0.120. The zero-order chi connectivity index (χ0) is 14.4. The molecule has 2 rings (SSSR count). The topological polar surface area (TPSA) is 57.4 Å². The Morgan fingerprint density at radius 1 is 1.15 bits per heavy atom. The number of hydrogen-bond acceptors (Lipinski definition) is 4. The predicted octanol–water partition coefficient (Wildman–Crippen LogP) is 3.68. The van der Waals surface area contributed by atoms with E-state index in [9.17, 15) is 0 Å². The highest BCUT2D eigenvalue weighted by Crippen LogP contribution is 2.27. The van der Waals surface area contributed by atoms with E-state index in [0.29, 0.717) is 5.88 Å². The SMILES string of the molecule is CCCOc1ccc(Oc2ncccc2[C@@H](C)N)cc1. The molecule has 4 nitrogen and oxygen atoms in total. The summed E-state index contributed by atoms with van der Waals surface area (Å²) in [5.74, 6) is 2.10. The minimum absolute atomic E-state index is 0.120. The van der Waals surface area contributed by atoms with E-state index < -0.39 is 0 Å². The van der Waals surface area contributed by atoms with Gasteiger partial charge in [0.05, 0.1) is 6.61 Å². The molecule has 0 fully saturated rings. The molecule has 0 amide bonds. The van der Waals surface area contributed by atoms with E-state index in [-0.39, 0.29) is 6.04 Å². The number of benzene rings is 1. The Labute approximate surface area is 119 Å². The molecule has 0 bridgehead atoms. The van der Waals surface area contributed by atoms with E-state index in [1.54, 1.807) is 6.20 Å². The summed E-state index contributed by atoms with van der Waals surface area (Å²) in [5, 5.41) is 0. The average molecular weight is 272 g/mol. The van der Waals surface area contributed by atoms with Crippen molar-refractivity contribution in [2.45, 2.75) is 26.3 Å². The van der Waals surface area contributed by atoms with Gasteiger partial charge in [-0.1, -0.05) is 13.0 Å². The van der Waals surface area contributed by atoms with Crippen LogP contribution in [0, 0.1) is 0 Å². The van der Waals surface area contributed by atoms with E-state index in [1.165, 1.54) is 0 Å². The van der Waals surface area contributed by atoms with Gasteiger partial charge in [0, 0.05) is 17.8 Å². The predicted molar refractivity (Wildman–Crippen MR) is 79.1 cm³/mol. The molecule has 0 unspecified atom stereocenters. The summed E-state index contributed by atoms with van der Waals surface area (Å²) in [6.45, 7) is 4.70. The van der Waals surface area contributed by atoms with Crippen LogP contribution in [0.4, 0.5) is 0 Å². The van der Waals surface area contributed by atoms with Gasteiger partial charge in [0.1, 0.15) is 11.5 Å². The Morgan fingerprint density at radius 2 is 1.85 bits per heavy atom. The Kier molecular flexibility index (Phi) is 4.96. The van der Waals surface area contributed by atoms with Gasteiger partial charge in [0.25, 0.3) is 0 Å². The molecule has 2 aromatic rings. The number of rotatable bonds is 6. The van der Waals surface area contributed by atoms with Gasteiger partial charge in [-0.3, -0.25) is 0 Å². The number of nitrogens with two attached hydrogens (primary N) is 1. The van der Waals surface area contributed by atoms with Crippen LogP contribution in [0.5, 0.6) is 17.4 Å². The van der Waals surface area contributed by atoms with Crippen molar-refractivity contribution in [2.24, 2.45) is 5.73 Å². The molecule has 0 aliphatic rings. The van der Waals surface area contributed by atoms with Crippen LogP contribution in [-0.2, 0) is 0 Å². The van der Waals surface area contributed by atoms with E-state index >= 15 is 0 Å². The molecule has 0 spiro atoms. The highest BCUT2D eigenvalue weighted by Gasteiger charge is 2.09. The molecular weight excluding hydrogens is 252 g/mol. The first-order chi connectivity index (χ1) is 9.70. The third-order valence-corrected chi connectivity index (χ3v) is 2.80. The van der Waals surface area contributed by atoms with Gasteiger partial charge in [0.2, 0.25) is 5.88 Å². The average Bonchev–Trinajstić information content (AvgIpc) is 2.47. The van der Waals surface area contributed by atoms with Gasteiger partial charge in [-0.05, 0) is 43.7 Å². The molecule has 1 aromatic heterocycles. The van der Waals surface area contributed by atoms with Gasteiger partial charge in [-0.2, -0.15) is 0 Å². The smallest absolute Gasteiger partial charge is 0.223 e. The van der Waals surface area contributed by atoms with Gasteiger partial charge in [0.15, 0.2) is 0 Å². The summed E-state index contributed by atoms with van der Waals surface area (Å²) in [6.07, 6.45) is 2.68. The maximum absolute atomic E-state index is 5.91. The zero-order valence-corrected chi connectivity index (χ0v) is 11.9. The lowest BCUT2D eigenvalue weighted by Crippen LogP contribution is -2.07. The molecule has 1 atom stereocenters. The van der Waals surface area contributed by atoms with Crippen molar-refractivity contribution in [1.82, 2.24) is 4.98 Å². The fraction of sp³-hybridized carbons (Fsp3) is 0.312. The maximum Gasteiger partial charge on any atom is 0.223 e. The highest BCUT2D eigenvalue weighted by molar-refractivity contribution is 5.36. The lowest BCUT2D eigenvalue weighted by Gasteiger charge is -2.12. The second-order valence-corrected chi connectivity index (χ2v) is 4.61. The molecule has 0 radical (unpaired) electrons. The van der Waals surface area contributed by atoms with Gasteiger partial charge in [-0.15, -0.1) is 0 Å². The number of pyridine rings is 1. The van der Waals surface area contributed by atoms with Gasteiger partial charge in [-0.25, -0.2) is 4.98 Å². The molecule has 1 heterocycles. The zero-order valence-electron chi connectivity index (χ0n) is 11.9. The Balaban J connectivity index is 2.10. The molecule has 4 heteroatoms. The molecule has 0 saturated heterocycles. The Hall–Kier alpha value is -2.07. The summed E-state index contributed by atoms with van der Waals surface area (Å²) in [7, 11) is 0. The second-order valence-electron chi connectivity index (χ2n) is 4.61. The molecule has 106 valence electrons. The number of aromatic nitrogens is 1. The fourth-order valence-electron chi connectivity index (χ4n) is 1.77. The van der Waals surface area contributed by atoms with E-state index in [1.807, 2.05) is 43.3 Å². The Bertz CT molecular complexity index is 538. The quantitative estimate of drug-likeness (QED) is 0.871. The summed E-state index contributed by atoms with van der Waals surface area (Å²) >= 11 is 0. The van der Waals surface area contributed by atoms with Crippen LogP contribution < -0.4 is 15.2 Å². The normalized spacial score (nSPS) is 11.9. The monoisotopic (exact) mass is 272 g/mol. The third-order valence-electron chi connectivity index (χ3n) is 2.80. The maximum atomic E-state index is 5.91. The molecular formula is C16H20N2O2. The number of nitrogens with zero attached hydrogens (tertiary/aromatic N) is 1. The van der Waals surface area contributed by atoms with Crippen molar-refractivity contribution in [3.8, 4) is 17.4 Å². The summed E-state index contributed by atoms with van der Waals surface area (Å²) in [4.78, 5) is 4.23. The lowest BCUT2D eigenvalue weighted by atomic mass is 10.1. The second kappa shape index (κ2) is 6.91. The third kappa shape index (κ3) is 3.71. The summed E-state index contributed by atoms with van der Waals surface area (Å²) in [6, 6.07) is 11.2. The largest absolute Gasteiger partial charge is 0.494 e. The van der Waals surface area contributed by atoms with Crippen molar-refractivity contribution in [1.29, 1.82) is 0 Å². The molecule has 20 heavy (non-hydrogen) atoms. The van der Waals surface area contributed by atoms with E-state index in [4.69, 9.17) is 15.2 Å². The van der Waals surface area contributed by atoms with E-state index in [2.05, 4.69) is 11.9 Å². The van der Waals surface area contributed by atoms with Crippen molar-refractivity contribution in [2.75, 3.05) is 6.61 Å². The van der Waals surface area contributed by atoms with Crippen LogP contribution in [0.15, 0.2) is 42.6 Å². The van der Waals surface area contributed by atoms with Crippen molar-refractivity contribution < 1.29 is 9.47 Å². The van der Waals surface area contributed by atoms with Crippen LogP contribution in [0.2, 0.25) is 0 Å². The molecule has 0 aliphatic carbocycles. The van der Waals surface area contributed by atoms with Crippen LogP contribution in [0.1, 0.15) is 31.9 Å². The number of hydrogen-bond donors (Lipinski definition) is 1. The van der Waals surface area contributed by atoms with Crippen LogP contribution >= 0.6 is 0 Å². The molecule has 2 N–H and O–H groups in total. The highest BCUT2D eigenvalue weighted by atomic mass is 16.5. The molecule has 0 aliphatic heterocycles. The first kappa shape index (κ1) is 14.3. The number of ether oxygens (including phenoxy) is 2. The summed E-state index contributed by atoms with van der Waals surface area (Å²) < 4.78 is 11.3. The van der Waals surface area contributed by atoms with Crippen molar-refractivity contribution >= 4 is 0 Å².